The van der Waals surface area contributed by atoms with Crippen LogP contribution >= 0.6 is 11.6 Å². The number of rotatable bonds is 5. The van der Waals surface area contributed by atoms with E-state index >= 15 is 0 Å². The average molecular weight is 321 g/mol. The zero-order chi connectivity index (χ0) is 15.1. The van der Waals surface area contributed by atoms with Crippen molar-refractivity contribution in [2.24, 2.45) is 0 Å². The first-order valence-corrected chi connectivity index (χ1v) is 7.79. The summed E-state index contributed by atoms with van der Waals surface area (Å²) in [7, 11) is 2.03. The molecule has 22 heavy (non-hydrogen) atoms. The molecule has 1 aromatic heterocycles. The summed E-state index contributed by atoms with van der Waals surface area (Å²) >= 11 is 6.31. The molecule has 1 aliphatic carbocycles. The Morgan fingerprint density at radius 3 is 2.73 bits per heavy atom. The van der Waals surface area contributed by atoms with Gasteiger partial charge in [-0.1, -0.05) is 16.8 Å². The Kier molecular flexibility index (Phi) is 3.47. The van der Waals surface area contributed by atoms with Crippen molar-refractivity contribution in [3.05, 3.63) is 40.2 Å². The number of benzene rings is 1. The van der Waals surface area contributed by atoms with Crippen molar-refractivity contribution in [1.82, 2.24) is 10.1 Å². The van der Waals surface area contributed by atoms with Crippen LogP contribution in [0.5, 0.6) is 11.5 Å². The molecule has 6 heteroatoms. The molecule has 1 aliphatic heterocycles. The number of aromatic nitrogens is 1. The highest BCUT2D eigenvalue weighted by Crippen LogP contribution is 2.40. The van der Waals surface area contributed by atoms with E-state index in [-0.39, 0.29) is 6.79 Å². The van der Waals surface area contributed by atoms with Crippen molar-refractivity contribution in [2.75, 3.05) is 13.8 Å². The number of hydrogen-bond acceptors (Lipinski definition) is 5. The lowest BCUT2D eigenvalue weighted by atomic mass is 10.2. The molecule has 0 N–H and O–H groups in total. The average Bonchev–Trinajstić information content (AvgIpc) is 3.07. The molecular weight excluding hydrogens is 304 g/mol. The molecule has 4 rings (SSSR count). The van der Waals surface area contributed by atoms with Crippen LogP contribution in [0, 0.1) is 0 Å². The van der Waals surface area contributed by atoms with Gasteiger partial charge >= 0.3 is 0 Å². The SMILES string of the molecule is CN(Cc1cc(C2CC2)on1)Cc1cc2c(cc1Cl)OCO2. The number of nitrogens with zero attached hydrogens (tertiary/aromatic N) is 2. The Morgan fingerprint density at radius 1 is 1.18 bits per heavy atom. The van der Waals surface area contributed by atoms with Gasteiger partial charge in [-0.2, -0.15) is 0 Å². The summed E-state index contributed by atoms with van der Waals surface area (Å²) in [6, 6.07) is 5.82. The van der Waals surface area contributed by atoms with Gasteiger partial charge in [0.15, 0.2) is 11.5 Å². The highest BCUT2D eigenvalue weighted by molar-refractivity contribution is 6.31. The lowest BCUT2D eigenvalue weighted by Crippen LogP contribution is -2.17. The van der Waals surface area contributed by atoms with E-state index in [4.69, 9.17) is 25.6 Å². The molecule has 0 bridgehead atoms. The summed E-state index contributed by atoms with van der Waals surface area (Å²) in [6.45, 7) is 1.69. The fraction of sp³-hybridized carbons (Fsp3) is 0.438. The highest BCUT2D eigenvalue weighted by Gasteiger charge is 2.28. The van der Waals surface area contributed by atoms with Crippen LogP contribution in [0.4, 0.5) is 0 Å². The van der Waals surface area contributed by atoms with Gasteiger partial charge < -0.3 is 14.0 Å². The van der Waals surface area contributed by atoms with Crippen molar-refractivity contribution in [3.8, 4) is 11.5 Å². The monoisotopic (exact) mass is 320 g/mol. The maximum absolute atomic E-state index is 6.31. The zero-order valence-electron chi connectivity index (χ0n) is 12.3. The Hall–Kier alpha value is -1.72. The summed E-state index contributed by atoms with van der Waals surface area (Å²) < 4.78 is 16.1. The van der Waals surface area contributed by atoms with Gasteiger partial charge in [-0.15, -0.1) is 0 Å². The van der Waals surface area contributed by atoms with E-state index in [1.165, 1.54) is 12.8 Å². The van der Waals surface area contributed by atoms with Gasteiger partial charge in [0.2, 0.25) is 6.79 Å². The molecular formula is C16H17ClN2O3. The molecule has 0 atom stereocenters. The molecule has 2 aromatic rings. The summed E-state index contributed by atoms with van der Waals surface area (Å²) in [5.41, 5.74) is 1.97. The molecule has 5 nitrogen and oxygen atoms in total. The van der Waals surface area contributed by atoms with E-state index in [2.05, 4.69) is 16.1 Å². The van der Waals surface area contributed by atoms with Crippen molar-refractivity contribution >= 4 is 11.6 Å². The molecule has 2 heterocycles. The van der Waals surface area contributed by atoms with Crippen molar-refractivity contribution in [2.45, 2.75) is 31.8 Å². The van der Waals surface area contributed by atoms with Gasteiger partial charge in [-0.25, -0.2) is 0 Å². The number of hydrogen-bond donors (Lipinski definition) is 0. The third-order valence-electron chi connectivity index (χ3n) is 3.97. The lowest BCUT2D eigenvalue weighted by Gasteiger charge is -2.16. The molecule has 1 saturated carbocycles. The van der Waals surface area contributed by atoms with Crippen LogP contribution in [-0.4, -0.2) is 23.9 Å². The minimum Gasteiger partial charge on any atom is -0.454 e. The van der Waals surface area contributed by atoms with E-state index < -0.39 is 0 Å². The van der Waals surface area contributed by atoms with Gasteiger partial charge in [0.05, 0.1) is 5.69 Å². The van der Waals surface area contributed by atoms with Crippen LogP contribution in [0.1, 0.15) is 35.8 Å². The topological polar surface area (TPSA) is 47.7 Å². The summed E-state index contributed by atoms with van der Waals surface area (Å²) in [5.74, 6) is 3.08. The normalized spacial score (nSPS) is 16.5. The van der Waals surface area contributed by atoms with Gasteiger partial charge in [-0.3, -0.25) is 4.90 Å². The summed E-state index contributed by atoms with van der Waals surface area (Å²) in [5, 5.41) is 4.83. The van der Waals surface area contributed by atoms with Crippen LogP contribution in [-0.2, 0) is 13.1 Å². The lowest BCUT2D eigenvalue weighted by molar-refractivity contribution is 0.174. The predicted molar refractivity (Wildman–Crippen MR) is 81.2 cm³/mol. The molecule has 0 spiro atoms. The molecule has 1 fully saturated rings. The van der Waals surface area contributed by atoms with E-state index in [9.17, 15) is 0 Å². The number of fused-ring (bicyclic) bond motifs is 1. The zero-order valence-corrected chi connectivity index (χ0v) is 13.1. The summed E-state index contributed by atoms with van der Waals surface area (Å²) in [4.78, 5) is 2.15. The van der Waals surface area contributed by atoms with Crippen molar-refractivity contribution in [1.29, 1.82) is 0 Å². The molecule has 0 radical (unpaired) electrons. The van der Waals surface area contributed by atoms with Gasteiger partial charge in [-0.05, 0) is 31.5 Å². The van der Waals surface area contributed by atoms with Gasteiger partial charge in [0.1, 0.15) is 5.76 Å². The Labute approximate surface area is 133 Å². The third-order valence-corrected chi connectivity index (χ3v) is 4.32. The van der Waals surface area contributed by atoms with E-state index in [1.54, 1.807) is 0 Å². The predicted octanol–water partition coefficient (Wildman–Crippen LogP) is 3.57. The second-order valence-electron chi connectivity index (χ2n) is 5.96. The van der Waals surface area contributed by atoms with E-state index in [0.29, 0.717) is 23.2 Å². The van der Waals surface area contributed by atoms with Crippen LogP contribution in [0.25, 0.3) is 0 Å². The second-order valence-corrected chi connectivity index (χ2v) is 6.37. The fourth-order valence-electron chi connectivity index (χ4n) is 2.67. The minimum absolute atomic E-state index is 0.258. The third kappa shape index (κ3) is 2.78. The van der Waals surface area contributed by atoms with Crippen molar-refractivity contribution in [3.63, 3.8) is 0 Å². The van der Waals surface area contributed by atoms with E-state index in [1.807, 2.05) is 19.2 Å². The van der Waals surface area contributed by atoms with E-state index in [0.717, 1.165) is 29.3 Å². The molecule has 0 saturated heterocycles. The van der Waals surface area contributed by atoms with Crippen LogP contribution in [0.15, 0.2) is 22.7 Å². The molecule has 0 amide bonds. The maximum Gasteiger partial charge on any atom is 0.231 e. The molecule has 116 valence electrons. The Balaban J connectivity index is 1.43. The Morgan fingerprint density at radius 2 is 1.95 bits per heavy atom. The smallest absolute Gasteiger partial charge is 0.231 e. The molecule has 1 aromatic carbocycles. The van der Waals surface area contributed by atoms with Crippen LogP contribution in [0.2, 0.25) is 5.02 Å². The molecule has 2 aliphatic rings. The van der Waals surface area contributed by atoms with Crippen LogP contribution < -0.4 is 9.47 Å². The van der Waals surface area contributed by atoms with Gasteiger partial charge in [0, 0.05) is 36.2 Å². The first kappa shape index (κ1) is 13.9. The first-order chi connectivity index (χ1) is 10.7. The standard InChI is InChI=1S/C16H17ClN2O3/c1-19(8-12-5-14(22-18-12)10-2-3-10)7-11-4-15-16(6-13(11)17)21-9-20-15/h4-6,10H,2-3,7-9H2,1H3. The summed E-state index contributed by atoms with van der Waals surface area (Å²) in [6.07, 6.45) is 2.44. The molecule has 0 unspecified atom stereocenters. The van der Waals surface area contributed by atoms with Crippen molar-refractivity contribution < 1.29 is 14.0 Å². The van der Waals surface area contributed by atoms with Crippen LogP contribution in [0.3, 0.4) is 0 Å². The minimum atomic E-state index is 0.258. The first-order valence-electron chi connectivity index (χ1n) is 7.41. The largest absolute Gasteiger partial charge is 0.454 e. The number of halogens is 1. The maximum atomic E-state index is 6.31. The highest BCUT2D eigenvalue weighted by atomic mass is 35.5. The Bertz CT molecular complexity index is 697. The van der Waals surface area contributed by atoms with Gasteiger partial charge in [0.25, 0.3) is 0 Å². The second kappa shape index (κ2) is 5.48. The number of ether oxygens (including phenoxy) is 2. The quantitative estimate of drug-likeness (QED) is 0.843. The fourth-order valence-corrected chi connectivity index (χ4v) is 2.88.